The lowest BCUT2D eigenvalue weighted by Crippen LogP contribution is -2.34. The fourth-order valence-corrected chi connectivity index (χ4v) is 3.82. The van der Waals surface area contributed by atoms with Crippen LogP contribution in [0.25, 0.3) is 0 Å². The lowest BCUT2D eigenvalue weighted by atomic mass is 10.2. The molecule has 8 heteroatoms. The number of urea groups is 1. The summed E-state index contributed by atoms with van der Waals surface area (Å²) >= 11 is 6.07. The number of carbonyl (C=O) groups excluding carboxylic acids is 1. The van der Waals surface area contributed by atoms with Crippen molar-refractivity contribution >= 4 is 34.1 Å². The smallest absolute Gasteiger partial charge is 0.319 e. The number of nitrogens with zero attached hydrogens (tertiary/aromatic N) is 2. The van der Waals surface area contributed by atoms with Crippen LogP contribution in [0.3, 0.4) is 0 Å². The van der Waals surface area contributed by atoms with E-state index in [0.29, 0.717) is 22.2 Å². The van der Waals surface area contributed by atoms with Crippen molar-refractivity contribution in [1.29, 1.82) is 0 Å². The van der Waals surface area contributed by atoms with Gasteiger partial charge in [-0.25, -0.2) is 4.79 Å². The Morgan fingerprint density at radius 2 is 2.12 bits per heavy atom. The Morgan fingerprint density at radius 3 is 2.72 bits per heavy atom. The zero-order valence-corrected chi connectivity index (χ0v) is 16.4. The van der Waals surface area contributed by atoms with Crippen molar-refractivity contribution in [3.63, 3.8) is 0 Å². The minimum atomic E-state index is -1.29. The minimum absolute atomic E-state index is 0.211. The summed E-state index contributed by atoms with van der Waals surface area (Å²) in [6, 6.07) is 6.71. The van der Waals surface area contributed by atoms with Gasteiger partial charge >= 0.3 is 6.03 Å². The first-order valence-corrected chi connectivity index (χ1v) is 9.89. The zero-order chi connectivity index (χ0) is 18.6. The summed E-state index contributed by atoms with van der Waals surface area (Å²) in [7, 11) is -1.29. The summed E-state index contributed by atoms with van der Waals surface area (Å²) < 4.78 is 13.8. The molecule has 6 nitrogen and oxygen atoms in total. The maximum absolute atomic E-state index is 12.1. The number of aryl methyl sites for hydroxylation is 2. The number of carbonyl (C=O) groups is 1. The largest absolute Gasteiger partial charge is 0.338 e. The van der Waals surface area contributed by atoms with Gasteiger partial charge in [0.05, 0.1) is 32.1 Å². The number of anilines is 1. The average Bonchev–Trinajstić information content (AvgIpc) is 2.82. The summed E-state index contributed by atoms with van der Waals surface area (Å²) in [4.78, 5) is 12.6. The van der Waals surface area contributed by atoms with E-state index in [1.165, 1.54) is 6.26 Å². The highest BCUT2D eigenvalue weighted by molar-refractivity contribution is 7.84. The first-order valence-electron chi connectivity index (χ1n) is 7.95. The number of nitrogens with one attached hydrogen (secondary N) is 2. The molecule has 136 valence electrons. The first kappa shape index (κ1) is 19.5. The number of halogens is 1. The van der Waals surface area contributed by atoms with Gasteiger partial charge in [-0.15, -0.1) is 0 Å². The highest BCUT2D eigenvalue weighted by Gasteiger charge is 2.14. The van der Waals surface area contributed by atoms with E-state index < -0.39 is 10.8 Å². The molecule has 1 aromatic heterocycles. The maximum atomic E-state index is 12.1. The van der Waals surface area contributed by atoms with Gasteiger partial charge in [-0.05, 0) is 38.0 Å². The summed E-state index contributed by atoms with van der Waals surface area (Å²) in [5.74, 6) is 0.211. The molecule has 1 aromatic carbocycles. The van der Waals surface area contributed by atoms with E-state index in [0.717, 1.165) is 17.9 Å². The summed E-state index contributed by atoms with van der Waals surface area (Å²) in [5.41, 5.74) is 2.54. The van der Waals surface area contributed by atoms with E-state index in [1.54, 1.807) is 18.2 Å². The van der Waals surface area contributed by atoms with Crippen molar-refractivity contribution in [2.45, 2.75) is 32.2 Å². The Labute approximate surface area is 155 Å². The summed E-state index contributed by atoms with van der Waals surface area (Å²) in [6.07, 6.45) is 1.53. The first-order chi connectivity index (χ1) is 11.8. The Kier molecular flexibility index (Phi) is 6.61. The van der Waals surface area contributed by atoms with Crippen LogP contribution in [0.4, 0.5) is 10.5 Å². The number of amides is 2. The Morgan fingerprint density at radius 1 is 1.40 bits per heavy atom. The lowest BCUT2D eigenvalue weighted by Gasteiger charge is -2.15. The fraction of sp³-hybridized carbons (Fsp3) is 0.412. The fourth-order valence-electron chi connectivity index (χ4n) is 2.55. The zero-order valence-electron chi connectivity index (χ0n) is 14.8. The maximum Gasteiger partial charge on any atom is 0.319 e. The van der Waals surface area contributed by atoms with Gasteiger partial charge in [0.2, 0.25) is 0 Å². The van der Waals surface area contributed by atoms with Crippen LogP contribution in [0, 0.1) is 19.8 Å². The van der Waals surface area contributed by atoms with Crippen molar-refractivity contribution < 1.29 is 9.00 Å². The van der Waals surface area contributed by atoms with Gasteiger partial charge in [-0.2, -0.15) is 5.10 Å². The molecule has 0 saturated carbocycles. The van der Waals surface area contributed by atoms with Crippen LogP contribution in [-0.4, -0.2) is 32.8 Å². The molecule has 0 aliphatic heterocycles. The van der Waals surface area contributed by atoms with E-state index in [2.05, 4.69) is 15.7 Å². The molecule has 2 N–H and O–H groups in total. The molecule has 0 unspecified atom stereocenters. The van der Waals surface area contributed by atoms with Gasteiger partial charge in [0.25, 0.3) is 0 Å². The molecule has 0 fully saturated rings. The van der Waals surface area contributed by atoms with Gasteiger partial charge < -0.3 is 10.6 Å². The van der Waals surface area contributed by atoms with E-state index in [9.17, 15) is 9.00 Å². The molecular formula is C17H23ClN4O2S. The standard InChI is InChI=1S/C17H23ClN4O2S/c1-11(10-22-13(3)8-12(2)21-22)9-19-17(23)20-15-7-5-6-14(18)16(15)25(4)24/h5-8,11H,9-10H2,1-4H3,(H2,19,20,23)/t11-,25+/m0/s1. The van der Waals surface area contributed by atoms with Crippen LogP contribution in [0.15, 0.2) is 29.2 Å². The highest BCUT2D eigenvalue weighted by atomic mass is 35.5. The van der Waals surface area contributed by atoms with Crippen LogP contribution < -0.4 is 10.6 Å². The van der Waals surface area contributed by atoms with Gasteiger partial charge in [-0.1, -0.05) is 24.6 Å². The third-order valence-electron chi connectivity index (χ3n) is 3.70. The van der Waals surface area contributed by atoms with E-state index in [1.807, 2.05) is 31.5 Å². The van der Waals surface area contributed by atoms with Crippen molar-refractivity contribution in [3.05, 3.63) is 40.7 Å². The van der Waals surface area contributed by atoms with Crippen LogP contribution >= 0.6 is 11.6 Å². The molecule has 0 aliphatic rings. The summed E-state index contributed by atoms with van der Waals surface area (Å²) in [6.45, 7) is 7.23. The second-order valence-corrected chi connectivity index (χ2v) is 7.84. The topological polar surface area (TPSA) is 76.0 Å². The van der Waals surface area contributed by atoms with Gasteiger partial charge in [0, 0.05) is 25.0 Å². The molecule has 2 amide bonds. The van der Waals surface area contributed by atoms with Crippen LogP contribution in [0.2, 0.25) is 5.02 Å². The number of hydrogen-bond acceptors (Lipinski definition) is 3. The monoisotopic (exact) mass is 382 g/mol. The molecule has 2 rings (SSSR count). The Bertz CT molecular complexity index is 791. The van der Waals surface area contributed by atoms with Crippen molar-refractivity contribution in [1.82, 2.24) is 15.1 Å². The second-order valence-electron chi connectivity index (χ2n) is 6.12. The predicted molar refractivity (Wildman–Crippen MR) is 102 cm³/mol. The molecule has 25 heavy (non-hydrogen) atoms. The van der Waals surface area contributed by atoms with E-state index in [-0.39, 0.29) is 11.9 Å². The SMILES string of the molecule is Cc1cc(C)n(C[C@@H](C)CNC(=O)Nc2cccc(Cl)c2[S@@](C)=O)n1. The van der Waals surface area contributed by atoms with Crippen LogP contribution in [-0.2, 0) is 17.3 Å². The van der Waals surface area contributed by atoms with E-state index in [4.69, 9.17) is 11.6 Å². The summed E-state index contributed by atoms with van der Waals surface area (Å²) in [5, 5.41) is 10.3. The number of benzene rings is 1. The predicted octanol–water partition coefficient (Wildman–Crippen LogP) is 3.35. The number of rotatable bonds is 6. The molecule has 0 saturated heterocycles. The lowest BCUT2D eigenvalue weighted by molar-refractivity contribution is 0.249. The van der Waals surface area contributed by atoms with Crippen molar-refractivity contribution in [2.24, 2.45) is 5.92 Å². The van der Waals surface area contributed by atoms with Crippen LogP contribution in [0.1, 0.15) is 18.3 Å². The van der Waals surface area contributed by atoms with Crippen molar-refractivity contribution in [3.8, 4) is 0 Å². The normalized spacial score (nSPS) is 13.3. The number of hydrogen-bond donors (Lipinski definition) is 2. The minimum Gasteiger partial charge on any atom is -0.338 e. The molecule has 0 bridgehead atoms. The molecule has 0 aliphatic carbocycles. The van der Waals surface area contributed by atoms with E-state index >= 15 is 0 Å². The third kappa shape index (κ3) is 5.31. The van der Waals surface area contributed by atoms with Gasteiger partial charge in [-0.3, -0.25) is 8.89 Å². The molecule has 2 atom stereocenters. The third-order valence-corrected chi connectivity index (χ3v) is 5.14. The molecule has 2 aromatic rings. The van der Waals surface area contributed by atoms with Gasteiger partial charge in [0.15, 0.2) is 0 Å². The quantitative estimate of drug-likeness (QED) is 0.804. The molecule has 0 spiro atoms. The average molecular weight is 383 g/mol. The van der Waals surface area contributed by atoms with Crippen LogP contribution in [0.5, 0.6) is 0 Å². The Balaban J connectivity index is 1.92. The molecule has 0 radical (unpaired) electrons. The Hall–Kier alpha value is -1.86. The highest BCUT2D eigenvalue weighted by Crippen LogP contribution is 2.27. The number of aromatic nitrogens is 2. The molecule has 1 heterocycles. The van der Waals surface area contributed by atoms with Gasteiger partial charge in [0.1, 0.15) is 0 Å². The van der Waals surface area contributed by atoms with Crippen molar-refractivity contribution in [2.75, 3.05) is 18.1 Å². The molecular weight excluding hydrogens is 360 g/mol. The second kappa shape index (κ2) is 8.49.